The number of hydrogen-bond acceptors (Lipinski definition) is 2. The Hall–Kier alpha value is -2.10. The van der Waals surface area contributed by atoms with E-state index in [-0.39, 0.29) is 11.3 Å². The lowest BCUT2D eigenvalue weighted by atomic mass is 9.78. The predicted molar refractivity (Wildman–Crippen MR) is 126 cm³/mol. The third kappa shape index (κ3) is 5.74. The molecule has 1 amide bonds. The zero-order valence-corrected chi connectivity index (χ0v) is 19.3. The Bertz CT molecular complexity index is 862. The molecule has 1 fully saturated rings. The van der Waals surface area contributed by atoms with Crippen molar-refractivity contribution in [1.29, 1.82) is 0 Å². The first-order valence-electron chi connectivity index (χ1n) is 10.8. The van der Waals surface area contributed by atoms with E-state index in [0.717, 1.165) is 43.2 Å². The predicted octanol–water partition coefficient (Wildman–Crippen LogP) is 5.80. The van der Waals surface area contributed by atoms with Crippen molar-refractivity contribution in [2.24, 2.45) is 0 Å². The van der Waals surface area contributed by atoms with Crippen LogP contribution in [-0.4, -0.2) is 47.9 Å². The maximum atomic E-state index is 12.8. The number of rotatable bonds is 6. The molecule has 0 radical (unpaired) electrons. The van der Waals surface area contributed by atoms with E-state index >= 15 is 0 Å². The first-order valence-corrected chi connectivity index (χ1v) is 11.1. The van der Waals surface area contributed by atoms with Crippen LogP contribution in [0.5, 0.6) is 0 Å². The van der Waals surface area contributed by atoms with Gasteiger partial charge in [-0.1, -0.05) is 67.4 Å². The fraction of sp³-hybridized carbons (Fsp3) is 0.423. The first-order chi connectivity index (χ1) is 14.3. The van der Waals surface area contributed by atoms with Crippen molar-refractivity contribution in [2.75, 3.05) is 26.2 Å². The van der Waals surface area contributed by atoms with Crippen molar-refractivity contribution in [2.45, 2.75) is 45.6 Å². The molecule has 1 heterocycles. The molecule has 0 aromatic heterocycles. The molecule has 1 aliphatic heterocycles. The highest BCUT2D eigenvalue weighted by atomic mass is 35.5. The molecular weight excluding hydrogens is 392 g/mol. The van der Waals surface area contributed by atoms with Crippen LogP contribution in [0.15, 0.2) is 66.2 Å². The fourth-order valence-corrected chi connectivity index (χ4v) is 4.37. The standard InChI is InChI=1S/C26H33ClN2O/c1-20(2)18-24(19-26(3,4)22-10-12-23(27)13-11-22)28-14-16-29(17-15-28)25(30)21-8-6-5-7-9-21/h5-13,18,24H,14-17,19H2,1-4H3. The van der Waals surface area contributed by atoms with Crippen molar-refractivity contribution in [1.82, 2.24) is 9.80 Å². The second-order valence-electron chi connectivity index (χ2n) is 9.10. The van der Waals surface area contributed by atoms with E-state index in [4.69, 9.17) is 11.6 Å². The molecule has 3 rings (SSSR count). The molecule has 0 N–H and O–H groups in total. The molecule has 0 bridgehead atoms. The number of nitrogens with zero attached hydrogens (tertiary/aromatic N) is 2. The topological polar surface area (TPSA) is 23.6 Å². The highest BCUT2D eigenvalue weighted by molar-refractivity contribution is 6.30. The smallest absolute Gasteiger partial charge is 0.253 e. The van der Waals surface area contributed by atoms with Crippen molar-refractivity contribution >= 4 is 17.5 Å². The molecule has 0 aliphatic carbocycles. The highest BCUT2D eigenvalue weighted by Crippen LogP contribution is 2.32. The van der Waals surface area contributed by atoms with E-state index in [1.165, 1.54) is 11.1 Å². The monoisotopic (exact) mass is 424 g/mol. The van der Waals surface area contributed by atoms with Gasteiger partial charge < -0.3 is 4.90 Å². The molecule has 2 aromatic rings. The van der Waals surface area contributed by atoms with Crippen LogP contribution in [0, 0.1) is 0 Å². The summed E-state index contributed by atoms with van der Waals surface area (Å²) in [6.07, 6.45) is 3.40. The van der Waals surface area contributed by atoms with E-state index in [9.17, 15) is 4.79 Å². The Balaban J connectivity index is 1.69. The number of piperazine rings is 1. The number of amides is 1. The molecule has 3 nitrogen and oxygen atoms in total. The van der Waals surface area contributed by atoms with E-state index in [0.29, 0.717) is 6.04 Å². The number of carbonyl (C=O) groups is 1. The lowest BCUT2D eigenvalue weighted by Crippen LogP contribution is -2.52. The second-order valence-corrected chi connectivity index (χ2v) is 9.54. The van der Waals surface area contributed by atoms with Crippen molar-refractivity contribution < 1.29 is 4.79 Å². The van der Waals surface area contributed by atoms with E-state index in [1.54, 1.807) is 0 Å². The molecule has 30 heavy (non-hydrogen) atoms. The summed E-state index contributed by atoms with van der Waals surface area (Å²) in [5.74, 6) is 0.135. The lowest BCUT2D eigenvalue weighted by molar-refractivity contribution is 0.0581. The molecule has 2 aromatic carbocycles. The Labute approximate surface area is 186 Å². The summed E-state index contributed by atoms with van der Waals surface area (Å²) in [4.78, 5) is 17.3. The van der Waals surface area contributed by atoms with Gasteiger partial charge in [0.05, 0.1) is 0 Å². The SMILES string of the molecule is CC(C)=CC(CC(C)(C)c1ccc(Cl)cc1)N1CCN(C(=O)c2ccccc2)CC1. The minimum Gasteiger partial charge on any atom is -0.336 e. The molecular formula is C26H33ClN2O. The largest absolute Gasteiger partial charge is 0.336 e. The molecule has 1 unspecified atom stereocenters. The summed E-state index contributed by atoms with van der Waals surface area (Å²) in [6, 6.07) is 18.2. The maximum Gasteiger partial charge on any atom is 0.253 e. The quantitative estimate of drug-likeness (QED) is 0.547. The molecule has 0 spiro atoms. The molecule has 1 atom stereocenters. The number of halogens is 1. The van der Waals surface area contributed by atoms with Gasteiger partial charge in [0.1, 0.15) is 0 Å². The van der Waals surface area contributed by atoms with Crippen LogP contribution in [0.3, 0.4) is 0 Å². The van der Waals surface area contributed by atoms with Crippen molar-refractivity contribution in [3.05, 3.63) is 82.4 Å². The average Bonchev–Trinajstić information content (AvgIpc) is 2.73. The molecule has 160 valence electrons. The van der Waals surface area contributed by atoms with Crippen LogP contribution in [-0.2, 0) is 5.41 Å². The minimum atomic E-state index is 0.0260. The van der Waals surface area contributed by atoms with E-state index in [1.807, 2.05) is 47.4 Å². The average molecular weight is 425 g/mol. The van der Waals surface area contributed by atoms with E-state index < -0.39 is 0 Å². The number of allylic oxidation sites excluding steroid dienone is 1. The van der Waals surface area contributed by atoms with Crippen LogP contribution >= 0.6 is 11.6 Å². The normalized spacial score (nSPS) is 16.2. The number of carbonyl (C=O) groups excluding carboxylic acids is 1. The zero-order chi connectivity index (χ0) is 21.7. The van der Waals surface area contributed by atoms with Crippen LogP contribution < -0.4 is 0 Å². The van der Waals surface area contributed by atoms with Gasteiger partial charge in [-0.3, -0.25) is 9.69 Å². The summed E-state index contributed by atoms with van der Waals surface area (Å²) in [7, 11) is 0. The van der Waals surface area contributed by atoms with Gasteiger partial charge in [0.2, 0.25) is 0 Å². The Morgan fingerprint density at radius 2 is 1.60 bits per heavy atom. The first kappa shape index (κ1) is 22.6. The van der Waals surface area contributed by atoms with Crippen molar-refractivity contribution in [3.8, 4) is 0 Å². The van der Waals surface area contributed by atoms with Crippen LogP contribution in [0.1, 0.15) is 50.0 Å². The van der Waals surface area contributed by atoms with Gasteiger partial charge >= 0.3 is 0 Å². The van der Waals surface area contributed by atoms with Crippen LogP contribution in [0.4, 0.5) is 0 Å². The molecule has 1 aliphatic rings. The molecule has 0 saturated carbocycles. The highest BCUT2D eigenvalue weighted by Gasteiger charge is 2.30. The van der Waals surface area contributed by atoms with Crippen LogP contribution in [0.25, 0.3) is 0 Å². The summed E-state index contributed by atoms with van der Waals surface area (Å²) in [6.45, 7) is 12.3. The molecule has 1 saturated heterocycles. The summed E-state index contributed by atoms with van der Waals surface area (Å²) >= 11 is 6.09. The van der Waals surface area contributed by atoms with Gasteiger partial charge in [-0.2, -0.15) is 0 Å². The Kier molecular flexibility index (Phi) is 7.38. The number of hydrogen-bond donors (Lipinski definition) is 0. The number of benzene rings is 2. The van der Waals surface area contributed by atoms with Gasteiger partial charge in [-0.25, -0.2) is 0 Å². The summed E-state index contributed by atoms with van der Waals surface area (Å²) in [5.41, 5.74) is 3.43. The third-order valence-corrected chi connectivity index (χ3v) is 6.21. The van der Waals surface area contributed by atoms with Gasteiger partial charge in [0.25, 0.3) is 5.91 Å². The van der Waals surface area contributed by atoms with Gasteiger partial charge in [0, 0.05) is 42.8 Å². The Morgan fingerprint density at radius 3 is 2.17 bits per heavy atom. The fourth-order valence-electron chi connectivity index (χ4n) is 4.24. The zero-order valence-electron chi connectivity index (χ0n) is 18.6. The third-order valence-electron chi connectivity index (χ3n) is 5.96. The van der Waals surface area contributed by atoms with Crippen LogP contribution in [0.2, 0.25) is 5.02 Å². The second kappa shape index (κ2) is 9.80. The maximum absolute atomic E-state index is 12.8. The summed E-state index contributed by atoms with van der Waals surface area (Å²) < 4.78 is 0. The molecule has 4 heteroatoms. The van der Waals surface area contributed by atoms with Gasteiger partial charge in [-0.15, -0.1) is 0 Å². The lowest BCUT2D eigenvalue weighted by Gasteiger charge is -2.41. The van der Waals surface area contributed by atoms with Gasteiger partial charge in [-0.05, 0) is 55.5 Å². The van der Waals surface area contributed by atoms with E-state index in [2.05, 4.69) is 50.8 Å². The summed E-state index contributed by atoms with van der Waals surface area (Å²) in [5, 5.41) is 0.773. The van der Waals surface area contributed by atoms with Crippen molar-refractivity contribution in [3.63, 3.8) is 0 Å². The van der Waals surface area contributed by atoms with Gasteiger partial charge in [0.15, 0.2) is 0 Å². The minimum absolute atomic E-state index is 0.0260. The Morgan fingerprint density at radius 1 is 1.00 bits per heavy atom.